The molecular weight excluding hydrogens is 446 g/mol. The van der Waals surface area contributed by atoms with E-state index in [-0.39, 0.29) is 23.3 Å². The Bertz CT molecular complexity index is 974. The number of H-pyrrole nitrogens is 1. The third-order valence-electron chi connectivity index (χ3n) is 6.18. The van der Waals surface area contributed by atoms with Crippen LogP contribution in [0.1, 0.15) is 50.0 Å². The Morgan fingerprint density at radius 1 is 1.30 bits per heavy atom. The minimum Gasteiger partial charge on any atom is -0.481 e. The van der Waals surface area contributed by atoms with Crippen LogP contribution in [-0.2, 0) is 9.53 Å². The van der Waals surface area contributed by atoms with Gasteiger partial charge in [0.15, 0.2) is 0 Å². The molecule has 3 heterocycles. The van der Waals surface area contributed by atoms with Crippen molar-refractivity contribution in [3.63, 3.8) is 0 Å². The molecule has 1 saturated heterocycles. The normalized spacial score (nSPS) is 16.3. The lowest BCUT2D eigenvalue weighted by molar-refractivity contribution is -0.127. The van der Waals surface area contributed by atoms with Gasteiger partial charge in [-0.3, -0.25) is 14.7 Å². The second-order valence-corrected chi connectivity index (χ2v) is 8.97. The number of carbonyl (C=O) groups excluding carboxylic acids is 2. The average molecular weight is 478 g/mol. The second-order valence-electron chi connectivity index (χ2n) is 8.56. The maximum Gasteiger partial charge on any atom is 0.271 e. The van der Waals surface area contributed by atoms with Crippen LogP contribution in [0.3, 0.4) is 0 Å². The lowest BCUT2D eigenvalue weighted by Crippen LogP contribution is -2.47. The van der Waals surface area contributed by atoms with Gasteiger partial charge in [-0.2, -0.15) is 5.10 Å². The number of nitrogens with one attached hydrogen (secondary N) is 2. The summed E-state index contributed by atoms with van der Waals surface area (Å²) in [7, 11) is 3.19. The first-order valence-electron chi connectivity index (χ1n) is 11.2. The maximum absolute atomic E-state index is 13.0. The topological polar surface area (TPSA) is 109 Å². The van der Waals surface area contributed by atoms with Crippen molar-refractivity contribution in [1.82, 2.24) is 25.4 Å². The Labute approximate surface area is 199 Å². The monoisotopic (exact) mass is 477 g/mol. The summed E-state index contributed by atoms with van der Waals surface area (Å²) in [6.07, 6.45) is 4.57. The van der Waals surface area contributed by atoms with Gasteiger partial charge in [0.2, 0.25) is 11.8 Å². The minimum absolute atomic E-state index is 0.0200. The molecule has 2 aromatic rings. The van der Waals surface area contributed by atoms with Crippen LogP contribution in [-0.4, -0.2) is 71.4 Å². The number of pyridine rings is 1. The van der Waals surface area contributed by atoms with Crippen molar-refractivity contribution >= 4 is 23.4 Å². The molecule has 2 amide bonds. The lowest BCUT2D eigenvalue weighted by Gasteiger charge is -2.32. The largest absolute Gasteiger partial charge is 0.481 e. The molecule has 0 saturated carbocycles. The highest BCUT2D eigenvalue weighted by molar-refractivity contribution is 6.33. The fourth-order valence-corrected chi connectivity index (χ4v) is 4.22. The molecule has 2 N–H and O–H groups in total. The number of hydrogen-bond acceptors (Lipinski definition) is 6. The Kier molecular flexibility index (Phi) is 8.31. The number of rotatable bonds is 9. The van der Waals surface area contributed by atoms with Gasteiger partial charge in [-0.05, 0) is 32.3 Å². The molecular formula is C23H32ClN5O4. The summed E-state index contributed by atoms with van der Waals surface area (Å²) in [6.45, 7) is 5.59. The zero-order valence-corrected chi connectivity index (χ0v) is 20.4. The number of likely N-dealkylation sites (tertiary alicyclic amines) is 1. The van der Waals surface area contributed by atoms with E-state index < -0.39 is 0 Å². The summed E-state index contributed by atoms with van der Waals surface area (Å²) >= 11 is 6.24. The predicted molar refractivity (Wildman–Crippen MR) is 125 cm³/mol. The molecule has 9 nitrogen and oxygen atoms in total. The van der Waals surface area contributed by atoms with Crippen LogP contribution in [0, 0.1) is 5.92 Å². The number of piperidine rings is 1. The van der Waals surface area contributed by atoms with Gasteiger partial charge < -0.3 is 19.7 Å². The third kappa shape index (κ3) is 6.03. The Morgan fingerprint density at radius 3 is 2.67 bits per heavy atom. The molecule has 0 bridgehead atoms. The summed E-state index contributed by atoms with van der Waals surface area (Å²) in [5.74, 6) is 0.162. The standard InChI is InChI=1S/C23H32ClN5O4/c1-5-8-23(2,33-4)14-26-21(30)15-6-9-29(10-7-15)22(31)19-12-18(27-28-19)16-11-20(32-3)25-13-17(16)24/h11-13,15H,5-10,14H2,1-4H3,(H,26,30)(H,27,28). The van der Waals surface area contributed by atoms with E-state index in [2.05, 4.69) is 27.4 Å². The van der Waals surface area contributed by atoms with Crippen LogP contribution in [0.2, 0.25) is 5.02 Å². The molecule has 180 valence electrons. The van der Waals surface area contributed by atoms with E-state index >= 15 is 0 Å². The van der Waals surface area contributed by atoms with Crippen molar-refractivity contribution in [3.8, 4) is 17.1 Å². The van der Waals surface area contributed by atoms with E-state index in [0.29, 0.717) is 60.3 Å². The SMILES string of the molecule is CCCC(C)(CNC(=O)C1CCN(C(=O)c2cc(-c3cc(OC)ncc3Cl)n[nH]2)CC1)OC. The lowest BCUT2D eigenvalue weighted by atomic mass is 9.94. The number of nitrogens with zero attached hydrogens (tertiary/aromatic N) is 3. The molecule has 1 atom stereocenters. The van der Waals surface area contributed by atoms with Gasteiger partial charge in [0, 0.05) is 44.3 Å². The van der Waals surface area contributed by atoms with Crippen molar-refractivity contribution in [3.05, 3.63) is 29.0 Å². The van der Waals surface area contributed by atoms with Gasteiger partial charge in [-0.25, -0.2) is 4.98 Å². The zero-order chi connectivity index (χ0) is 24.0. The van der Waals surface area contributed by atoms with Gasteiger partial charge in [0.1, 0.15) is 5.69 Å². The van der Waals surface area contributed by atoms with Crippen molar-refractivity contribution in [2.75, 3.05) is 33.9 Å². The first-order valence-corrected chi connectivity index (χ1v) is 11.6. The summed E-state index contributed by atoms with van der Waals surface area (Å²) in [6, 6.07) is 3.34. The molecule has 0 aliphatic carbocycles. The molecule has 0 aromatic carbocycles. The highest BCUT2D eigenvalue weighted by atomic mass is 35.5. The van der Waals surface area contributed by atoms with E-state index in [4.69, 9.17) is 21.1 Å². The molecule has 33 heavy (non-hydrogen) atoms. The van der Waals surface area contributed by atoms with Crippen LogP contribution < -0.4 is 10.1 Å². The van der Waals surface area contributed by atoms with Gasteiger partial charge >= 0.3 is 0 Å². The quantitative estimate of drug-likeness (QED) is 0.573. The number of aromatic nitrogens is 3. The third-order valence-corrected chi connectivity index (χ3v) is 6.49. The van der Waals surface area contributed by atoms with Crippen LogP contribution >= 0.6 is 11.6 Å². The summed E-state index contributed by atoms with van der Waals surface area (Å²) in [5, 5.41) is 10.5. The van der Waals surface area contributed by atoms with Crippen molar-refractivity contribution in [2.45, 2.75) is 45.1 Å². The average Bonchev–Trinajstić information content (AvgIpc) is 3.33. The van der Waals surface area contributed by atoms with Crippen molar-refractivity contribution < 1.29 is 19.1 Å². The Morgan fingerprint density at radius 2 is 2.03 bits per heavy atom. The highest BCUT2D eigenvalue weighted by Crippen LogP contribution is 2.29. The molecule has 0 spiro atoms. The fraction of sp³-hybridized carbons (Fsp3) is 0.565. The minimum atomic E-state index is -0.360. The number of methoxy groups -OCH3 is 2. The predicted octanol–water partition coefficient (Wildman–Crippen LogP) is 3.31. The Hall–Kier alpha value is -2.65. The van der Waals surface area contributed by atoms with Gasteiger partial charge in [-0.1, -0.05) is 24.9 Å². The molecule has 1 aliphatic heterocycles. The van der Waals surface area contributed by atoms with E-state index in [1.807, 2.05) is 6.92 Å². The molecule has 0 radical (unpaired) electrons. The number of hydrogen-bond donors (Lipinski definition) is 2. The van der Waals surface area contributed by atoms with Crippen molar-refractivity contribution in [2.24, 2.45) is 5.92 Å². The molecule has 1 unspecified atom stereocenters. The maximum atomic E-state index is 13.0. The van der Waals surface area contributed by atoms with Gasteiger partial charge in [-0.15, -0.1) is 0 Å². The number of halogens is 1. The number of ether oxygens (including phenoxy) is 2. The fourth-order valence-electron chi connectivity index (χ4n) is 4.02. The second kappa shape index (κ2) is 11.0. The first-order chi connectivity index (χ1) is 15.8. The Balaban J connectivity index is 1.56. The molecule has 3 rings (SSSR count). The van der Waals surface area contributed by atoms with Crippen LogP contribution in [0.15, 0.2) is 18.3 Å². The van der Waals surface area contributed by atoms with E-state index in [1.54, 1.807) is 24.1 Å². The number of carbonyl (C=O) groups is 2. The zero-order valence-electron chi connectivity index (χ0n) is 19.6. The van der Waals surface area contributed by atoms with E-state index in [9.17, 15) is 9.59 Å². The molecule has 1 fully saturated rings. The molecule has 1 aliphatic rings. The van der Waals surface area contributed by atoms with Crippen molar-refractivity contribution in [1.29, 1.82) is 0 Å². The van der Waals surface area contributed by atoms with E-state index in [1.165, 1.54) is 13.3 Å². The van der Waals surface area contributed by atoms with Gasteiger partial charge in [0.25, 0.3) is 5.91 Å². The summed E-state index contributed by atoms with van der Waals surface area (Å²) < 4.78 is 10.7. The van der Waals surface area contributed by atoms with E-state index in [0.717, 1.165) is 12.8 Å². The van der Waals surface area contributed by atoms with Crippen LogP contribution in [0.4, 0.5) is 0 Å². The van der Waals surface area contributed by atoms with Crippen LogP contribution in [0.5, 0.6) is 5.88 Å². The summed E-state index contributed by atoms with van der Waals surface area (Å²) in [4.78, 5) is 31.4. The molecule has 10 heteroatoms. The number of aromatic amines is 1. The summed E-state index contributed by atoms with van der Waals surface area (Å²) in [5.41, 5.74) is 1.17. The number of amides is 2. The van der Waals surface area contributed by atoms with Crippen LogP contribution in [0.25, 0.3) is 11.3 Å². The first kappa shape index (κ1) is 25.0. The molecule has 2 aromatic heterocycles. The highest BCUT2D eigenvalue weighted by Gasteiger charge is 2.30. The smallest absolute Gasteiger partial charge is 0.271 e. The van der Waals surface area contributed by atoms with Gasteiger partial charge in [0.05, 0.1) is 29.6 Å².